The summed E-state index contributed by atoms with van der Waals surface area (Å²) < 4.78 is 5.03. The average Bonchev–Trinajstić information content (AvgIpc) is 2.03. The maximum Gasteiger partial charge on any atom is 0.213 e. The van der Waals surface area contributed by atoms with Crippen LogP contribution in [0.25, 0.3) is 0 Å². The summed E-state index contributed by atoms with van der Waals surface area (Å²) in [5.41, 5.74) is 1.10. The van der Waals surface area contributed by atoms with Gasteiger partial charge >= 0.3 is 0 Å². The van der Waals surface area contributed by atoms with E-state index in [1.807, 2.05) is 18.2 Å². The van der Waals surface area contributed by atoms with Crippen molar-refractivity contribution in [3.8, 4) is 5.88 Å². The standard InChI is InChI=1S/C10H15NO/c1-8(2)7-9-5-4-6-10(11-9)12-3/h4-6,8H,7H2,1-3H3. The number of hydrogen-bond acceptors (Lipinski definition) is 2. The van der Waals surface area contributed by atoms with Gasteiger partial charge in [0.2, 0.25) is 5.88 Å². The van der Waals surface area contributed by atoms with Gasteiger partial charge in [-0.25, -0.2) is 4.98 Å². The second-order valence-electron chi connectivity index (χ2n) is 3.27. The quantitative estimate of drug-likeness (QED) is 0.685. The van der Waals surface area contributed by atoms with E-state index in [1.54, 1.807) is 7.11 Å². The van der Waals surface area contributed by atoms with Crippen molar-refractivity contribution in [2.24, 2.45) is 5.92 Å². The predicted molar refractivity (Wildman–Crippen MR) is 49.3 cm³/mol. The van der Waals surface area contributed by atoms with Gasteiger partial charge in [0.1, 0.15) is 0 Å². The van der Waals surface area contributed by atoms with Crippen molar-refractivity contribution in [2.45, 2.75) is 20.3 Å². The van der Waals surface area contributed by atoms with Crippen LogP contribution >= 0.6 is 0 Å². The molecular formula is C10H15NO. The molecular weight excluding hydrogens is 150 g/mol. The first-order chi connectivity index (χ1) is 5.72. The van der Waals surface area contributed by atoms with Gasteiger partial charge in [0, 0.05) is 11.8 Å². The highest BCUT2D eigenvalue weighted by Crippen LogP contribution is 2.10. The lowest BCUT2D eigenvalue weighted by Crippen LogP contribution is -1.98. The van der Waals surface area contributed by atoms with Crippen molar-refractivity contribution in [3.05, 3.63) is 23.9 Å². The zero-order valence-electron chi connectivity index (χ0n) is 7.87. The topological polar surface area (TPSA) is 22.1 Å². The lowest BCUT2D eigenvalue weighted by atomic mass is 10.1. The van der Waals surface area contributed by atoms with Crippen LogP contribution in [0.3, 0.4) is 0 Å². The number of ether oxygens (including phenoxy) is 1. The number of aromatic nitrogens is 1. The SMILES string of the molecule is COc1cccc(CC(C)C)n1. The Balaban J connectivity index is 2.72. The summed E-state index contributed by atoms with van der Waals surface area (Å²) in [6.07, 6.45) is 1.01. The first-order valence-corrected chi connectivity index (χ1v) is 4.22. The Morgan fingerprint density at radius 1 is 1.42 bits per heavy atom. The monoisotopic (exact) mass is 165 g/mol. The molecule has 0 bridgehead atoms. The molecule has 0 unspecified atom stereocenters. The minimum Gasteiger partial charge on any atom is -0.481 e. The average molecular weight is 165 g/mol. The maximum absolute atomic E-state index is 5.03. The number of hydrogen-bond donors (Lipinski definition) is 0. The zero-order chi connectivity index (χ0) is 8.97. The molecule has 1 rings (SSSR count). The van der Waals surface area contributed by atoms with Gasteiger partial charge in [-0.2, -0.15) is 0 Å². The molecule has 12 heavy (non-hydrogen) atoms. The third kappa shape index (κ3) is 2.53. The molecule has 0 saturated carbocycles. The van der Waals surface area contributed by atoms with Crippen LogP contribution in [0.15, 0.2) is 18.2 Å². The fraction of sp³-hybridized carbons (Fsp3) is 0.500. The zero-order valence-corrected chi connectivity index (χ0v) is 7.87. The van der Waals surface area contributed by atoms with Crippen molar-refractivity contribution >= 4 is 0 Å². The number of methoxy groups -OCH3 is 1. The summed E-state index contributed by atoms with van der Waals surface area (Å²) in [7, 11) is 1.64. The molecule has 0 atom stereocenters. The molecule has 0 aliphatic carbocycles. The Kier molecular flexibility index (Phi) is 3.09. The fourth-order valence-corrected chi connectivity index (χ4v) is 1.10. The maximum atomic E-state index is 5.03. The Hall–Kier alpha value is -1.05. The molecule has 1 heterocycles. The third-order valence-electron chi connectivity index (χ3n) is 1.61. The van der Waals surface area contributed by atoms with Gasteiger partial charge in [0.15, 0.2) is 0 Å². The Labute approximate surface area is 73.6 Å². The first-order valence-electron chi connectivity index (χ1n) is 4.22. The molecule has 0 fully saturated rings. The van der Waals surface area contributed by atoms with E-state index in [1.165, 1.54) is 0 Å². The van der Waals surface area contributed by atoms with Crippen molar-refractivity contribution < 1.29 is 4.74 Å². The third-order valence-corrected chi connectivity index (χ3v) is 1.61. The van der Waals surface area contributed by atoms with Crippen LogP contribution in [0.1, 0.15) is 19.5 Å². The highest BCUT2D eigenvalue weighted by molar-refractivity contribution is 5.15. The van der Waals surface area contributed by atoms with Crippen LogP contribution in [0, 0.1) is 5.92 Å². The van der Waals surface area contributed by atoms with Gasteiger partial charge in [-0.3, -0.25) is 0 Å². The molecule has 0 spiro atoms. The van der Waals surface area contributed by atoms with Gasteiger partial charge in [-0.1, -0.05) is 19.9 Å². The first kappa shape index (κ1) is 9.04. The van der Waals surface area contributed by atoms with E-state index in [2.05, 4.69) is 18.8 Å². The van der Waals surface area contributed by atoms with E-state index in [0.717, 1.165) is 12.1 Å². The summed E-state index contributed by atoms with van der Waals surface area (Å²) in [5, 5.41) is 0. The Morgan fingerprint density at radius 3 is 2.75 bits per heavy atom. The van der Waals surface area contributed by atoms with Crippen molar-refractivity contribution in [1.29, 1.82) is 0 Å². The lowest BCUT2D eigenvalue weighted by molar-refractivity contribution is 0.395. The molecule has 1 aromatic heterocycles. The molecule has 0 aliphatic rings. The van der Waals surface area contributed by atoms with Gasteiger partial charge in [-0.15, -0.1) is 0 Å². The van der Waals surface area contributed by atoms with E-state index in [-0.39, 0.29) is 0 Å². The van der Waals surface area contributed by atoms with Crippen LogP contribution in [0.4, 0.5) is 0 Å². The normalized spacial score (nSPS) is 10.3. The van der Waals surface area contributed by atoms with Crippen LogP contribution in [-0.4, -0.2) is 12.1 Å². The number of pyridine rings is 1. The highest BCUT2D eigenvalue weighted by Gasteiger charge is 1.99. The van der Waals surface area contributed by atoms with E-state index in [0.29, 0.717) is 11.8 Å². The second kappa shape index (κ2) is 4.10. The summed E-state index contributed by atoms with van der Waals surface area (Å²) >= 11 is 0. The van der Waals surface area contributed by atoms with E-state index >= 15 is 0 Å². The number of nitrogens with zero attached hydrogens (tertiary/aromatic N) is 1. The van der Waals surface area contributed by atoms with Crippen LogP contribution < -0.4 is 4.74 Å². The summed E-state index contributed by atoms with van der Waals surface area (Å²) in [4.78, 5) is 4.31. The van der Waals surface area contributed by atoms with Crippen molar-refractivity contribution in [3.63, 3.8) is 0 Å². The van der Waals surface area contributed by atoms with Gasteiger partial charge in [-0.05, 0) is 18.4 Å². The molecule has 0 saturated heterocycles. The molecule has 66 valence electrons. The van der Waals surface area contributed by atoms with Crippen LogP contribution in [-0.2, 0) is 6.42 Å². The summed E-state index contributed by atoms with van der Waals surface area (Å²) in [6.45, 7) is 4.36. The van der Waals surface area contributed by atoms with Crippen molar-refractivity contribution in [2.75, 3.05) is 7.11 Å². The molecule has 0 aliphatic heterocycles. The van der Waals surface area contributed by atoms with Gasteiger partial charge in [0.25, 0.3) is 0 Å². The van der Waals surface area contributed by atoms with Gasteiger partial charge < -0.3 is 4.74 Å². The van der Waals surface area contributed by atoms with Crippen LogP contribution in [0.2, 0.25) is 0 Å². The summed E-state index contributed by atoms with van der Waals surface area (Å²) in [5.74, 6) is 1.35. The van der Waals surface area contributed by atoms with Crippen molar-refractivity contribution in [1.82, 2.24) is 4.98 Å². The number of rotatable bonds is 3. The Morgan fingerprint density at radius 2 is 2.17 bits per heavy atom. The van der Waals surface area contributed by atoms with Gasteiger partial charge in [0.05, 0.1) is 7.11 Å². The highest BCUT2D eigenvalue weighted by atomic mass is 16.5. The molecule has 0 N–H and O–H groups in total. The fourth-order valence-electron chi connectivity index (χ4n) is 1.10. The smallest absolute Gasteiger partial charge is 0.213 e. The molecule has 0 aromatic carbocycles. The summed E-state index contributed by atoms with van der Waals surface area (Å²) in [6, 6.07) is 5.87. The minimum atomic E-state index is 0.643. The van der Waals surface area contributed by atoms with E-state index < -0.39 is 0 Å². The largest absolute Gasteiger partial charge is 0.481 e. The predicted octanol–water partition coefficient (Wildman–Crippen LogP) is 2.29. The molecule has 2 heteroatoms. The minimum absolute atomic E-state index is 0.643. The lowest BCUT2D eigenvalue weighted by Gasteiger charge is -2.05. The van der Waals surface area contributed by atoms with E-state index in [4.69, 9.17) is 4.74 Å². The Bertz CT molecular complexity index is 245. The molecule has 0 amide bonds. The molecule has 2 nitrogen and oxygen atoms in total. The molecule has 1 aromatic rings. The van der Waals surface area contributed by atoms with E-state index in [9.17, 15) is 0 Å². The second-order valence-corrected chi connectivity index (χ2v) is 3.27. The van der Waals surface area contributed by atoms with Crippen LogP contribution in [0.5, 0.6) is 5.88 Å². The molecule has 0 radical (unpaired) electrons.